The maximum absolute atomic E-state index is 12.6. The second-order valence-electron chi connectivity index (χ2n) is 4.32. The van der Waals surface area contributed by atoms with E-state index in [9.17, 15) is 17.6 Å². The summed E-state index contributed by atoms with van der Waals surface area (Å²) in [6.45, 7) is 2.47. The zero-order valence-electron chi connectivity index (χ0n) is 9.74. The molecule has 1 rings (SSSR count). The van der Waals surface area contributed by atoms with Gasteiger partial charge in [0.1, 0.15) is 6.67 Å². The lowest BCUT2D eigenvalue weighted by Gasteiger charge is -2.25. The van der Waals surface area contributed by atoms with E-state index in [2.05, 4.69) is 0 Å². The summed E-state index contributed by atoms with van der Waals surface area (Å²) in [7, 11) is 5.88. The summed E-state index contributed by atoms with van der Waals surface area (Å²) in [4.78, 5) is 0. The Hall–Kier alpha value is -0.995. The molecule has 0 fully saturated rings. The molecular formula is C12H13BF4. The van der Waals surface area contributed by atoms with Crippen molar-refractivity contribution in [3.63, 3.8) is 0 Å². The molecule has 0 aromatic heterocycles. The van der Waals surface area contributed by atoms with Gasteiger partial charge in [0.15, 0.2) is 0 Å². The average molecular weight is 244 g/mol. The quantitative estimate of drug-likeness (QED) is 0.557. The van der Waals surface area contributed by atoms with Crippen LogP contribution in [0.25, 0.3) is 0 Å². The molecule has 0 spiro atoms. The van der Waals surface area contributed by atoms with Gasteiger partial charge in [0, 0.05) is 0 Å². The Morgan fingerprint density at radius 3 is 2.06 bits per heavy atom. The fourth-order valence-corrected chi connectivity index (χ4v) is 1.47. The summed E-state index contributed by atoms with van der Waals surface area (Å²) in [5, 5.41) is -0.884. The van der Waals surface area contributed by atoms with E-state index in [0.29, 0.717) is 12.0 Å². The van der Waals surface area contributed by atoms with Gasteiger partial charge >= 0.3 is 6.18 Å². The van der Waals surface area contributed by atoms with Gasteiger partial charge < -0.3 is 0 Å². The third kappa shape index (κ3) is 3.24. The van der Waals surface area contributed by atoms with E-state index >= 15 is 0 Å². The first kappa shape index (κ1) is 14.1. The molecule has 1 atom stereocenters. The number of benzene rings is 1. The minimum atomic E-state index is -4.48. The van der Waals surface area contributed by atoms with E-state index in [1.807, 2.05) is 0 Å². The molecule has 0 bridgehead atoms. The summed E-state index contributed by atoms with van der Waals surface area (Å²) < 4.78 is 50.4. The van der Waals surface area contributed by atoms with Crippen molar-refractivity contribution in [1.29, 1.82) is 0 Å². The number of rotatable bonds is 3. The maximum atomic E-state index is 12.6. The predicted octanol–water partition coefficient (Wildman–Crippen LogP) is 3.97. The van der Waals surface area contributed by atoms with Crippen molar-refractivity contribution in [2.75, 3.05) is 0 Å². The number of hydrogen-bond donors (Lipinski definition) is 0. The Kier molecular flexibility index (Phi) is 3.90. The lowest BCUT2D eigenvalue weighted by Crippen LogP contribution is -2.22. The van der Waals surface area contributed by atoms with E-state index in [0.717, 1.165) is 12.1 Å². The van der Waals surface area contributed by atoms with Crippen LogP contribution in [0.4, 0.5) is 17.6 Å². The number of hydrogen-bond acceptors (Lipinski definition) is 0. The first-order valence-corrected chi connectivity index (χ1v) is 5.27. The smallest absolute Gasteiger partial charge is 0.246 e. The molecule has 0 heterocycles. The van der Waals surface area contributed by atoms with Crippen LogP contribution in [-0.2, 0) is 18.2 Å². The van der Waals surface area contributed by atoms with Crippen molar-refractivity contribution in [2.45, 2.75) is 38.4 Å². The lowest BCUT2D eigenvalue weighted by atomic mass is 9.63. The van der Waals surface area contributed by atoms with Crippen LogP contribution in [0, 0.1) is 0 Å². The second kappa shape index (κ2) is 4.71. The summed E-state index contributed by atoms with van der Waals surface area (Å²) in [5.74, 6) is 0. The Bertz CT molecular complexity index is 396. The van der Waals surface area contributed by atoms with Crippen LogP contribution >= 0.6 is 0 Å². The zero-order valence-corrected chi connectivity index (χ0v) is 9.74. The van der Waals surface area contributed by atoms with Crippen LogP contribution in [0.15, 0.2) is 18.2 Å². The Labute approximate surface area is 99.4 Å². The zero-order chi connectivity index (χ0) is 13.3. The standard InChI is InChI=1S/C12H13BF4/c1-3-11(2,13)9-4-8(7-14)5-10(6-9)12(15,16)17/h4-6H,3,7H2,1-2H3. The van der Waals surface area contributed by atoms with Gasteiger partial charge in [-0.05, 0) is 28.6 Å². The van der Waals surface area contributed by atoms with Gasteiger partial charge in [-0.15, -0.1) is 0 Å². The van der Waals surface area contributed by atoms with Crippen LogP contribution in [-0.4, -0.2) is 7.85 Å². The molecule has 0 nitrogen and oxygen atoms in total. The minimum absolute atomic E-state index is 0.0000463. The average Bonchev–Trinajstić information content (AvgIpc) is 2.27. The molecule has 0 N–H and O–H groups in total. The molecule has 5 heteroatoms. The molecule has 1 aromatic rings. The van der Waals surface area contributed by atoms with Crippen molar-refractivity contribution >= 4 is 7.85 Å². The number of halogens is 4. The van der Waals surface area contributed by atoms with Crippen molar-refractivity contribution in [2.24, 2.45) is 0 Å². The first-order valence-electron chi connectivity index (χ1n) is 5.27. The summed E-state index contributed by atoms with van der Waals surface area (Å²) in [6.07, 6.45) is -4.01. The Morgan fingerprint density at radius 2 is 1.65 bits per heavy atom. The fraction of sp³-hybridized carbons (Fsp3) is 0.500. The van der Waals surface area contributed by atoms with E-state index in [4.69, 9.17) is 7.85 Å². The monoisotopic (exact) mass is 244 g/mol. The molecule has 1 unspecified atom stereocenters. The molecule has 0 saturated carbocycles. The third-order valence-corrected chi connectivity index (χ3v) is 2.87. The van der Waals surface area contributed by atoms with E-state index < -0.39 is 23.7 Å². The van der Waals surface area contributed by atoms with Crippen LogP contribution in [0.5, 0.6) is 0 Å². The van der Waals surface area contributed by atoms with Gasteiger partial charge in [-0.25, -0.2) is 4.39 Å². The highest BCUT2D eigenvalue weighted by Crippen LogP contribution is 2.34. The largest absolute Gasteiger partial charge is 0.416 e. The highest BCUT2D eigenvalue weighted by Gasteiger charge is 2.32. The van der Waals surface area contributed by atoms with Crippen molar-refractivity contribution in [3.05, 3.63) is 34.9 Å². The fourth-order valence-electron chi connectivity index (χ4n) is 1.47. The molecule has 92 valence electrons. The normalized spacial score (nSPS) is 15.6. The first-order chi connectivity index (χ1) is 7.70. The van der Waals surface area contributed by atoms with Crippen LogP contribution in [0.1, 0.15) is 37.0 Å². The molecule has 0 aliphatic heterocycles. The number of alkyl halides is 4. The summed E-state index contributed by atoms with van der Waals surface area (Å²) >= 11 is 0. The Morgan fingerprint density at radius 1 is 1.12 bits per heavy atom. The molecular weight excluding hydrogens is 231 g/mol. The lowest BCUT2D eigenvalue weighted by molar-refractivity contribution is -0.137. The molecule has 2 radical (unpaired) electrons. The minimum Gasteiger partial charge on any atom is -0.246 e. The predicted molar refractivity (Wildman–Crippen MR) is 59.7 cm³/mol. The SMILES string of the molecule is [B]C(C)(CC)c1cc(CF)cc(C(F)(F)F)c1. The van der Waals surface area contributed by atoms with Crippen molar-refractivity contribution in [1.82, 2.24) is 0 Å². The van der Waals surface area contributed by atoms with Crippen LogP contribution in [0.3, 0.4) is 0 Å². The molecule has 0 aliphatic carbocycles. The highest BCUT2D eigenvalue weighted by molar-refractivity contribution is 6.15. The molecule has 0 aliphatic rings. The molecule has 1 aromatic carbocycles. The van der Waals surface area contributed by atoms with Gasteiger partial charge in [0.05, 0.1) is 13.4 Å². The Balaban J connectivity index is 3.34. The van der Waals surface area contributed by atoms with E-state index in [-0.39, 0.29) is 5.56 Å². The van der Waals surface area contributed by atoms with Crippen LogP contribution < -0.4 is 0 Å². The van der Waals surface area contributed by atoms with Gasteiger partial charge in [0.25, 0.3) is 0 Å². The van der Waals surface area contributed by atoms with Crippen molar-refractivity contribution < 1.29 is 17.6 Å². The van der Waals surface area contributed by atoms with Gasteiger partial charge in [0.2, 0.25) is 0 Å². The second-order valence-corrected chi connectivity index (χ2v) is 4.32. The molecule has 17 heavy (non-hydrogen) atoms. The van der Waals surface area contributed by atoms with E-state index in [1.165, 1.54) is 6.07 Å². The van der Waals surface area contributed by atoms with Gasteiger partial charge in [-0.3, -0.25) is 0 Å². The van der Waals surface area contributed by atoms with Crippen LogP contribution in [0.2, 0.25) is 0 Å². The van der Waals surface area contributed by atoms with Crippen molar-refractivity contribution in [3.8, 4) is 0 Å². The third-order valence-electron chi connectivity index (χ3n) is 2.87. The van der Waals surface area contributed by atoms with Gasteiger partial charge in [-0.2, -0.15) is 13.2 Å². The summed E-state index contributed by atoms with van der Waals surface area (Å²) in [5.41, 5.74) is -0.546. The molecule has 0 saturated heterocycles. The van der Waals surface area contributed by atoms with Gasteiger partial charge in [-0.1, -0.05) is 26.3 Å². The topological polar surface area (TPSA) is 0 Å². The van der Waals surface area contributed by atoms with E-state index in [1.54, 1.807) is 13.8 Å². The maximum Gasteiger partial charge on any atom is 0.416 e. The molecule has 0 amide bonds. The highest BCUT2D eigenvalue weighted by atomic mass is 19.4. The summed E-state index contributed by atoms with van der Waals surface area (Å²) in [6, 6.07) is 3.19.